The Kier molecular flexibility index (Phi) is 5.53. The topological polar surface area (TPSA) is 88.4 Å². The molecule has 0 radical (unpaired) electrons. The minimum Gasteiger partial charge on any atom is -0.482 e. The highest BCUT2D eigenvalue weighted by Gasteiger charge is 2.14. The summed E-state index contributed by atoms with van der Waals surface area (Å²) < 4.78 is 10.1. The number of amides is 1. The van der Waals surface area contributed by atoms with Gasteiger partial charge >= 0.3 is 5.97 Å². The van der Waals surface area contributed by atoms with Gasteiger partial charge in [0, 0.05) is 5.69 Å². The molecule has 0 saturated carbocycles. The molecule has 0 aromatic heterocycles. The van der Waals surface area contributed by atoms with Crippen molar-refractivity contribution in [3.8, 4) is 11.8 Å². The number of anilines is 1. The number of hydrogen-bond donors (Lipinski definition) is 1. The molecule has 0 heterocycles. The summed E-state index contributed by atoms with van der Waals surface area (Å²) in [5, 5.41) is 11.7. The van der Waals surface area contributed by atoms with E-state index in [1.54, 1.807) is 49.4 Å². The third-order valence-electron chi connectivity index (χ3n) is 3.38. The van der Waals surface area contributed by atoms with Crippen LogP contribution in [0.1, 0.15) is 21.5 Å². The van der Waals surface area contributed by atoms with E-state index >= 15 is 0 Å². The second-order valence-electron chi connectivity index (χ2n) is 4.91. The second-order valence-corrected chi connectivity index (χ2v) is 4.91. The summed E-state index contributed by atoms with van der Waals surface area (Å²) >= 11 is 0. The number of ether oxygens (including phenoxy) is 2. The third-order valence-corrected chi connectivity index (χ3v) is 3.38. The zero-order valence-corrected chi connectivity index (χ0v) is 13.3. The largest absolute Gasteiger partial charge is 0.482 e. The Morgan fingerprint density at radius 2 is 1.92 bits per heavy atom. The fourth-order valence-electron chi connectivity index (χ4n) is 2.12. The molecule has 0 aliphatic rings. The van der Waals surface area contributed by atoms with E-state index in [4.69, 9.17) is 14.7 Å². The summed E-state index contributed by atoms with van der Waals surface area (Å²) in [6.07, 6.45) is 0. The van der Waals surface area contributed by atoms with Gasteiger partial charge < -0.3 is 14.8 Å². The van der Waals surface area contributed by atoms with Crippen molar-refractivity contribution < 1.29 is 19.1 Å². The third kappa shape index (κ3) is 3.90. The quantitative estimate of drug-likeness (QED) is 0.854. The summed E-state index contributed by atoms with van der Waals surface area (Å²) in [6, 6.07) is 13.6. The summed E-state index contributed by atoms with van der Waals surface area (Å²) in [7, 11) is 1.30. The Balaban J connectivity index is 2.06. The van der Waals surface area contributed by atoms with Crippen molar-refractivity contribution in [2.45, 2.75) is 6.92 Å². The van der Waals surface area contributed by atoms with Crippen molar-refractivity contribution in [3.05, 3.63) is 59.2 Å². The number of rotatable bonds is 5. The van der Waals surface area contributed by atoms with E-state index < -0.39 is 11.9 Å². The number of carbonyl (C=O) groups is 2. The summed E-state index contributed by atoms with van der Waals surface area (Å²) in [6.45, 7) is 1.47. The minimum absolute atomic E-state index is 0.249. The number of benzene rings is 2. The monoisotopic (exact) mass is 324 g/mol. The average molecular weight is 324 g/mol. The smallest absolute Gasteiger partial charge is 0.338 e. The van der Waals surface area contributed by atoms with E-state index in [-0.39, 0.29) is 6.61 Å². The van der Waals surface area contributed by atoms with Crippen LogP contribution < -0.4 is 10.1 Å². The van der Waals surface area contributed by atoms with E-state index in [0.29, 0.717) is 28.1 Å². The van der Waals surface area contributed by atoms with Gasteiger partial charge in [-0.25, -0.2) is 4.79 Å². The van der Waals surface area contributed by atoms with Gasteiger partial charge in [-0.3, -0.25) is 4.79 Å². The van der Waals surface area contributed by atoms with Gasteiger partial charge in [0.2, 0.25) is 0 Å². The van der Waals surface area contributed by atoms with Crippen molar-refractivity contribution >= 4 is 17.6 Å². The maximum Gasteiger partial charge on any atom is 0.338 e. The molecular formula is C18H16N2O4. The van der Waals surface area contributed by atoms with Crippen LogP contribution in [0.25, 0.3) is 0 Å². The van der Waals surface area contributed by atoms with E-state index in [9.17, 15) is 9.59 Å². The van der Waals surface area contributed by atoms with Crippen molar-refractivity contribution in [2.75, 3.05) is 19.0 Å². The minimum atomic E-state index is -0.470. The summed E-state index contributed by atoms with van der Waals surface area (Å²) in [4.78, 5) is 23.7. The Hall–Kier alpha value is -3.33. The van der Waals surface area contributed by atoms with Crippen molar-refractivity contribution in [1.29, 1.82) is 5.26 Å². The Morgan fingerprint density at radius 3 is 2.62 bits per heavy atom. The zero-order valence-electron chi connectivity index (χ0n) is 13.3. The number of methoxy groups -OCH3 is 1. The number of hydrogen-bond acceptors (Lipinski definition) is 5. The average Bonchev–Trinajstić information content (AvgIpc) is 2.61. The number of carbonyl (C=O) groups excluding carboxylic acids is 2. The standard InChI is InChI=1S/C18H16N2O4/c1-12-14(18(22)23-2)7-5-8-15(12)20-17(21)11-24-16-9-4-3-6-13(16)10-19/h3-9H,11H2,1-2H3,(H,20,21). The molecule has 1 amide bonds. The van der Waals surface area contributed by atoms with Crippen LogP contribution in [0, 0.1) is 18.3 Å². The molecule has 6 nitrogen and oxygen atoms in total. The van der Waals surface area contributed by atoms with Gasteiger partial charge in [0.15, 0.2) is 6.61 Å². The molecule has 1 N–H and O–H groups in total. The highest BCUT2D eigenvalue weighted by molar-refractivity contribution is 5.97. The van der Waals surface area contributed by atoms with Gasteiger partial charge in [-0.2, -0.15) is 5.26 Å². The highest BCUT2D eigenvalue weighted by Crippen LogP contribution is 2.20. The van der Waals surface area contributed by atoms with Crippen molar-refractivity contribution in [2.24, 2.45) is 0 Å². The van der Waals surface area contributed by atoms with Crippen LogP contribution in [-0.4, -0.2) is 25.6 Å². The van der Waals surface area contributed by atoms with Crippen LogP contribution in [0.3, 0.4) is 0 Å². The van der Waals surface area contributed by atoms with E-state index in [1.165, 1.54) is 7.11 Å². The Bertz CT molecular complexity index is 809. The van der Waals surface area contributed by atoms with Crippen LogP contribution in [0.4, 0.5) is 5.69 Å². The SMILES string of the molecule is COC(=O)c1cccc(NC(=O)COc2ccccc2C#N)c1C. The molecule has 2 aromatic carbocycles. The van der Waals surface area contributed by atoms with Gasteiger partial charge in [-0.05, 0) is 36.8 Å². The zero-order chi connectivity index (χ0) is 17.5. The fourth-order valence-corrected chi connectivity index (χ4v) is 2.12. The van der Waals surface area contributed by atoms with Gasteiger partial charge in [0.05, 0.1) is 18.2 Å². The first-order valence-electron chi connectivity index (χ1n) is 7.16. The molecule has 0 unspecified atom stereocenters. The molecule has 6 heteroatoms. The molecule has 0 saturated heterocycles. The Labute approximate surface area is 139 Å². The van der Waals surface area contributed by atoms with Gasteiger partial charge in [0.1, 0.15) is 11.8 Å². The van der Waals surface area contributed by atoms with E-state index in [2.05, 4.69) is 5.32 Å². The molecule has 0 atom stereocenters. The van der Waals surface area contributed by atoms with E-state index in [0.717, 1.165) is 0 Å². The molecule has 0 fully saturated rings. The lowest BCUT2D eigenvalue weighted by Gasteiger charge is -2.12. The van der Waals surface area contributed by atoms with Crippen LogP contribution in [-0.2, 0) is 9.53 Å². The van der Waals surface area contributed by atoms with Crippen LogP contribution in [0.2, 0.25) is 0 Å². The number of para-hydroxylation sites is 1. The first-order valence-corrected chi connectivity index (χ1v) is 7.16. The Morgan fingerprint density at radius 1 is 1.17 bits per heavy atom. The van der Waals surface area contributed by atoms with Gasteiger partial charge in [0.25, 0.3) is 5.91 Å². The normalized spacial score (nSPS) is 9.71. The molecule has 0 spiro atoms. The molecule has 122 valence electrons. The summed E-state index contributed by atoms with van der Waals surface area (Å²) in [5.41, 5.74) is 1.84. The maximum absolute atomic E-state index is 12.1. The lowest BCUT2D eigenvalue weighted by Crippen LogP contribution is -2.21. The van der Waals surface area contributed by atoms with Crippen LogP contribution in [0.5, 0.6) is 5.75 Å². The lowest BCUT2D eigenvalue weighted by molar-refractivity contribution is -0.118. The number of nitriles is 1. The molecule has 2 aromatic rings. The van der Waals surface area contributed by atoms with Gasteiger partial charge in [-0.15, -0.1) is 0 Å². The first kappa shape index (κ1) is 17.0. The lowest BCUT2D eigenvalue weighted by atomic mass is 10.1. The molecule has 2 rings (SSSR count). The second kappa shape index (κ2) is 7.79. The fraction of sp³-hybridized carbons (Fsp3) is 0.167. The molecule has 0 bridgehead atoms. The van der Waals surface area contributed by atoms with Crippen molar-refractivity contribution in [1.82, 2.24) is 0 Å². The predicted octanol–water partition coefficient (Wildman–Crippen LogP) is 2.67. The van der Waals surface area contributed by atoms with Gasteiger partial charge in [-0.1, -0.05) is 18.2 Å². The molecule has 24 heavy (non-hydrogen) atoms. The molecular weight excluding hydrogens is 308 g/mol. The van der Waals surface area contributed by atoms with E-state index in [1.807, 2.05) is 6.07 Å². The van der Waals surface area contributed by atoms with Crippen LogP contribution in [0.15, 0.2) is 42.5 Å². The first-order chi connectivity index (χ1) is 11.6. The maximum atomic E-state index is 12.1. The number of nitrogens with zero attached hydrogens (tertiary/aromatic N) is 1. The highest BCUT2D eigenvalue weighted by atomic mass is 16.5. The molecule has 0 aliphatic heterocycles. The predicted molar refractivity (Wildman–Crippen MR) is 87.8 cm³/mol. The number of esters is 1. The molecule has 0 aliphatic carbocycles. The summed E-state index contributed by atoms with van der Waals surface area (Å²) in [5.74, 6) is -0.522. The van der Waals surface area contributed by atoms with Crippen molar-refractivity contribution in [3.63, 3.8) is 0 Å². The number of nitrogens with one attached hydrogen (secondary N) is 1. The van der Waals surface area contributed by atoms with Crippen LogP contribution >= 0.6 is 0 Å².